The van der Waals surface area contributed by atoms with Gasteiger partial charge in [0.05, 0.1) is 12.1 Å². The van der Waals surface area contributed by atoms with Crippen LogP contribution in [0.2, 0.25) is 0 Å². The van der Waals surface area contributed by atoms with Gasteiger partial charge < -0.3 is 10.1 Å². The van der Waals surface area contributed by atoms with Crippen molar-refractivity contribution in [3.05, 3.63) is 65.5 Å². The summed E-state index contributed by atoms with van der Waals surface area (Å²) in [4.78, 5) is 14.5. The van der Waals surface area contributed by atoms with Gasteiger partial charge in [-0.25, -0.2) is 4.39 Å². The lowest BCUT2D eigenvalue weighted by Gasteiger charge is -2.42. The molecule has 1 amide bonds. The Bertz CT molecular complexity index is 795. The molecule has 0 bridgehead atoms. The normalized spacial score (nSPS) is 23.5. The molecular weight excluding hydrogens is 319 g/mol. The third kappa shape index (κ3) is 3.24. The zero-order valence-electron chi connectivity index (χ0n) is 14.0. The van der Waals surface area contributed by atoms with Gasteiger partial charge in [0.15, 0.2) is 0 Å². The Morgan fingerprint density at radius 3 is 2.84 bits per heavy atom. The molecule has 0 saturated carbocycles. The number of fused-ring (bicyclic) bond motifs is 1. The van der Waals surface area contributed by atoms with Gasteiger partial charge in [-0.3, -0.25) is 9.69 Å². The second-order valence-corrected chi connectivity index (χ2v) is 6.87. The maximum absolute atomic E-state index is 14.0. The molecule has 130 valence electrons. The molecule has 0 aromatic heterocycles. The highest BCUT2D eigenvalue weighted by atomic mass is 19.1. The maximum Gasteiger partial charge on any atom is 0.255 e. The summed E-state index contributed by atoms with van der Waals surface area (Å²) in [5.41, 5.74) is 0.800. The van der Waals surface area contributed by atoms with Crippen LogP contribution in [0.5, 0.6) is 5.75 Å². The van der Waals surface area contributed by atoms with E-state index in [-0.39, 0.29) is 11.7 Å². The molecule has 1 fully saturated rings. The monoisotopic (exact) mass is 340 g/mol. The van der Waals surface area contributed by atoms with E-state index in [4.69, 9.17) is 4.74 Å². The van der Waals surface area contributed by atoms with E-state index in [1.807, 2.05) is 30.3 Å². The number of ether oxygens (including phenoxy) is 1. The summed E-state index contributed by atoms with van der Waals surface area (Å²) in [5, 5.41) is 2.99. The number of nitrogens with zero attached hydrogens (tertiary/aromatic N) is 1. The fourth-order valence-corrected chi connectivity index (χ4v) is 3.77. The van der Waals surface area contributed by atoms with Crippen LogP contribution < -0.4 is 10.1 Å². The Morgan fingerprint density at radius 2 is 1.96 bits per heavy atom. The largest absolute Gasteiger partial charge is 0.483 e. The molecule has 0 aliphatic carbocycles. The maximum atomic E-state index is 14.0. The predicted octanol–water partition coefficient (Wildman–Crippen LogP) is 2.98. The number of rotatable bonds is 2. The average Bonchev–Trinajstić information content (AvgIpc) is 2.75. The first kappa shape index (κ1) is 16.1. The summed E-state index contributed by atoms with van der Waals surface area (Å²) in [6, 6.07) is 14.2. The Labute approximate surface area is 146 Å². The van der Waals surface area contributed by atoms with Crippen molar-refractivity contribution in [2.45, 2.75) is 25.0 Å². The SMILES string of the molecule is O=C1NC[C@@]2(CCCN(Cc3ccccc3F)C2)Oc2ccccc21. The van der Waals surface area contributed by atoms with Crippen molar-refractivity contribution in [1.29, 1.82) is 0 Å². The van der Waals surface area contributed by atoms with Gasteiger partial charge in [-0.15, -0.1) is 0 Å². The van der Waals surface area contributed by atoms with E-state index in [1.165, 1.54) is 6.07 Å². The molecule has 5 heteroatoms. The van der Waals surface area contributed by atoms with Gasteiger partial charge in [-0.05, 0) is 37.6 Å². The van der Waals surface area contributed by atoms with Crippen LogP contribution in [0, 0.1) is 5.82 Å². The summed E-state index contributed by atoms with van der Waals surface area (Å²) in [5.74, 6) is 0.353. The molecule has 0 unspecified atom stereocenters. The van der Waals surface area contributed by atoms with Crippen molar-refractivity contribution < 1.29 is 13.9 Å². The Morgan fingerprint density at radius 1 is 1.16 bits per heavy atom. The minimum Gasteiger partial charge on any atom is -0.483 e. The highest BCUT2D eigenvalue weighted by Gasteiger charge is 2.40. The molecule has 4 rings (SSSR count). The fraction of sp³-hybridized carbons (Fsp3) is 0.350. The van der Waals surface area contributed by atoms with E-state index >= 15 is 0 Å². The number of piperidine rings is 1. The van der Waals surface area contributed by atoms with Gasteiger partial charge in [0.1, 0.15) is 17.2 Å². The Kier molecular flexibility index (Phi) is 4.17. The second-order valence-electron chi connectivity index (χ2n) is 6.87. The van der Waals surface area contributed by atoms with E-state index in [2.05, 4.69) is 10.2 Å². The molecule has 2 aliphatic rings. The summed E-state index contributed by atoms with van der Waals surface area (Å²) in [6.07, 6.45) is 1.82. The van der Waals surface area contributed by atoms with Crippen LogP contribution in [-0.4, -0.2) is 36.0 Å². The van der Waals surface area contributed by atoms with Gasteiger partial charge in [-0.1, -0.05) is 30.3 Å². The van der Waals surface area contributed by atoms with Crippen LogP contribution in [0.4, 0.5) is 4.39 Å². The van der Waals surface area contributed by atoms with E-state index in [9.17, 15) is 9.18 Å². The number of hydrogen-bond acceptors (Lipinski definition) is 3. The molecule has 1 N–H and O–H groups in total. The van der Waals surface area contributed by atoms with Gasteiger partial charge in [0, 0.05) is 18.7 Å². The van der Waals surface area contributed by atoms with Crippen LogP contribution in [0.25, 0.3) is 0 Å². The topological polar surface area (TPSA) is 41.6 Å². The van der Waals surface area contributed by atoms with E-state index in [0.717, 1.165) is 19.4 Å². The van der Waals surface area contributed by atoms with Crippen molar-refractivity contribution >= 4 is 5.91 Å². The third-order valence-corrected chi connectivity index (χ3v) is 5.00. The third-order valence-electron chi connectivity index (χ3n) is 5.00. The highest BCUT2D eigenvalue weighted by molar-refractivity contribution is 5.97. The van der Waals surface area contributed by atoms with Crippen LogP contribution >= 0.6 is 0 Å². The van der Waals surface area contributed by atoms with Crippen LogP contribution in [0.15, 0.2) is 48.5 Å². The number of para-hydroxylation sites is 1. The minimum absolute atomic E-state index is 0.0984. The van der Waals surface area contributed by atoms with Crippen molar-refractivity contribution in [3.8, 4) is 5.75 Å². The highest BCUT2D eigenvalue weighted by Crippen LogP contribution is 2.32. The zero-order chi connectivity index (χ0) is 17.3. The molecule has 25 heavy (non-hydrogen) atoms. The molecule has 0 radical (unpaired) electrons. The number of carbonyl (C=O) groups is 1. The quantitative estimate of drug-likeness (QED) is 0.914. The summed E-state index contributed by atoms with van der Waals surface area (Å²) < 4.78 is 20.3. The number of halogens is 1. The first-order chi connectivity index (χ1) is 12.2. The lowest BCUT2D eigenvalue weighted by molar-refractivity contribution is -0.00735. The van der Waals surface area contributed by atoms with Crippen LogP contribution in [0.3, 0.4) is 0 Å². The van der Waals surface area contributed by atoms with Gasteiger partial charge in [-0.2, -0.15) is 0 Å². The lowest BCUT2D eigenvalue weighted by Crippen LogP contribution is -2.56. The predicted molar refractivity (Wildman–Crippen MR) is 93.0 cm³/mol. The molecule has 2 aliphatic heterocycles. The molecule has 1 atom stereocenters. The summed E-state index contributed by atoms with van der Waals surface area (Å²) in [7, 11) is 0. The number of hydrogen-bond donors (Lipinski definition) is 1. The van der Waals surface area contributed by atoms with Gasteiger partial charge in [0.2, 0.25) is 0 Å². The lowest BCUT2D eigenvalue weighted by atomic mass is 9.92. The Hall–Kier alpha value is -2.40. The first-order valence-corrected chi connectivity index (χ1v) is 8.67. The summed E-state index contributed by atoms with van der Waals surface area (Å²) >= 11 is 0. The second kappa shape index (κ2) is 6.48. The molecule has 2 heterocycles. The van der Waals surface area contributed by atoms with Crippen molar-refractivity contribution in [2.75, 3.05) is 19.6 Å². The van der Waals surface area contributed by atoms with Crippen LogP contribution in [-0.2, 0) is 6.54 Å². The first-order valence-electron chi connectivity index (χ1n) is 8.67. The average molecular weight is 340 g/mol. The van der Waals surface area contributed by atoms with Crippen molar-refractivity contribution in [3.63, 3.8) is 0 Å². The standard InChI is InChI=1S/C20H21FN2O2/c21-17-8-3-1-6-15(17)12-23-11-5-10-20(14-23)13-22-19(24)16-7-2-4-9-18(16)25-20/h1-4,6-9H,5,10-14H2,(H,22,24)/t20-/m1/s1. The fourth-order valence-electron chi connectivity index (χ4n) is 3.77. The smallest absolute Gasteiger partial charge is 0.255 e. The Balaban J connectivity index is 1.56. The van der Waals surface area contributed by atoms with Crippen molar-refractivity contribution in [2.24, 2.45) is 0 Å². The number of benzene rings is 2. The number of carbonyl (C=O) groups excluding carboxylic acids is 1. The minimum atomic E-state index is -0.466. The molecule has 4 nitrogen and oxygen atoms in total. The summed E-state index contributed by atoms with van der Waals surface area (Å²) in [6.45, 7) is 2.58. The molecule has 1 saturated heterocycles. The zero-order valence-corrected chi connectivity index (χ0v) is 14.0. The molecule has 2 aromatic carbocycles. The van der Waals surface area contributed by atoms with E-state index in [0.29, 0.717) is 36.5 Å². The van der Waals surface area contributed by atoms with Gasteiger partial charge in [0.25, 0.3) is 5.91 Å². The van der Waals surface area contributed by atoms with Gasteiger partial charge >= 0.3 is 0 Å². The van der Waals surface area contributed by atoms with Crippen LogP contribution in [0.1, 0.15) is 28.8 Å². The van der Waals surface area contributed by atoms with E-state index in [1.54, 1.807) is 12.1 Å². The molecule has 2 aromatic rings. The molecular formula is C20H21FN2O2. The van der Waals surface area contributed by atoms with E-state index < -0.39 is 5.60 Å². The number of amides is 1. The number of nitrogens with one attached hydrogen (secondary N) is 1. The van der Waals surface area contributed by atoms with Crippen molar-refractivity contribution in [1.82, 2.24) is 10.2 Å². The number of likely N-dealkylation sites (tertiary alicyclic amines) is 1. The molecule has 1 spiro atoms.